The Morgan fingerprint density at radius 1 is 1.33 bits per heavy atom. The predicted molar refractivity (Wildman–Crippen MR) is 80.2 cm³/mol. The molecule has 0 aliphatic carbocycles. The van der Waals surface area contributed by atoms with Crippen LogP contribution in [-0.2, 0) is 9.53 Å². The Labute approximate surface area is 122 Å². The molecule has 0 saturated carbocycles. The molecule has 3 N–H and O–H groups in total. The lowest BCUT2D eigenvalue weighted by molar-refractivity contribution is -0.143. The molecule has 0 saturated heterocycles. The van der Waals surface area contributed by atoms with Gasteiger partial charge < -0.3 is 20.4 Å². The third-order valence-corrected chi connectivity index (χ3v) is 2.78. The first-order valence-corrected chi connectivity index (χ1v) is 7.09. The van der Waals surface area contributed by atoms with Crippen LogP contribution in [0.1, 0.15) is 26.7 Å². The van der Waals surface area contributed by atoms with E-state index < -0.39 is 0 Å². The zero-order valence-electron chi connectivity index (χ0n) is 12.3. The predicted octanol–water partition coefficient (Wildman–Crippen LogP) is 1.54. The number of hydrogen-bond donors (Lipinski definition) is 3. The lowest BCUT2D eigenvalue weighted by Crippen LogP contribution is -2.10. The van der Waals surface area contributed by atoms with Crippen LogP contribution in [0, 0.1) is 0 Å². The lowest BCUT2D eigenvalue weighted by atomic mass is 10.3. The fourth-order valence-corrected chi connectivity index (χ4v) is 1.87. The maximum atomic E-state index is 11.3. The van der Waals surface area contributed by atoms with E-state index in [1.54, 1.807) is 13.3 Å². The average molecular weight is 292 g/mol. The number of hydrogen-bond acceptors (Lipinski definition) is 7. The number of aromatic amines is 1. The van der Waals surface area contributed by atoms with E-state index in [4.69, 9.17) is 4.74 Å². The van der Waals surface area contributed by atoms with Crippen molar-refractivity contribution in [3.8, 4) is 0 Å². The Balaban J connectivity index is 1.97. The van der Waals surface area contributed by atoms with Crippen LogP contribution in [0.5, 0.6) is 0 Å². The number of rotatable bonds is 8. The van der Waals surface area contributed by atoms with E-state index in [-0.39, 0.29) is 5.97 Å². The molecule has 0 unspecified atom stereocenters. The Kier molecular flexibility index (Phi) is 5.30. The van der Waals surface area contributed by atoms with Crippen molar-refractivity contribution in [2.24, 2.45) is 0 Å². The average Bonchev–Trinajstić information content (AvgIpc) is 2.92. The van der Waals surface area contributed by atoms with Gasteiger partial charge in [-0.15, -0.1) is 0 Å². The smallest absolute Gasteiger partial charge is 0.305 e. The number of nitrogens with one attached hydrogen (secondary N) is 3. The number of nitrogens with zero attached hydrogens (tertiary/aromatic N) is 3. The molecule has 8 nitrogen and oxygen atoms in total. The van der Waals surface area contributed by atoms with Crippen molar-refractivity contribution in [2.75, 3.05) is 30.3 Å². The van der Waals surface area contributed by atoms with Crippen molar-refractivity contribution in [3.63, 3.8) is 0 Å². The van der Waals surface area contributed by atoms with Crippen LogP contribution < -0.4 is 10.6 Å². The standard InChI is InChI=1S/C13H20N6O2/c1-3-14-13-18-11(10-12(19-13)17-8-16-10)15-7-5-6-9(20)21-4-2/h8H,3-7H2,1-2H3,(H3,14,15,16,17,18,19). The first-order valence-electron chi connectivity index (χ1n) is 7.09. The van der Waals surface area contributed by atoms with Gasteiger partial charge in [-0.05, 0) is 20.3 Å². The van der Waals surface area contributed by atoms with Crippen LogP contribution in [0.2, 0.25) is 0 Å². The topological polar surface area (TPSA) is 105 Å². The second-order valence-electron chi connectivity index (χ2n) is 4.36. The van der Waals surface area contributed by atoms with E-state index in [2.05, 4.69) is 30.6 Å². The van der Waals surface area contributed by atoms with Crippen LogP contribution in [0.4, 0.5) is 11.8 Å². The Hall–Kier alpha value is -2.38. The molecule has 0 aliphatic rings. The first kappa shape index (κ1) is 15.0. The molecular weight excluding hydrogens is 272 g/mol. The fraction of sp³-hybridized carbons (Fsp3) is 0.538. The van der Waals surface area contributed by atoms with Gasteiger partial charge in [-0.3, -0.25) is 4.79 Å². The molecule has 0 amide bonds. The summed E-state index contributed by atoms with van der Waals surface area (Å²) in [4.78, 5) is 27.1. The van der Waals surface area contributed by atoms with Gasteiger partial charge in [0.25, 0.3) is 0 Å². The third kappa shape index (κ3) is 4.04. The van der Waals surface area contributed by atoms with E-state index in [0.717, 1.165) is 12.1 Å². The molecular formula is C13H20N6O2. The number of fused-ring (bicyclic) bond motifs is 1. The molecule has 21 heavy (non-hydrogen) atoms. The number of carbonyl (C=O) groups excluding carboxylic acids is 1. The van der Waals surface area contributed by atoms with Gasteiger partial charge in [0.1, 0.15) is 5.52 Å². The van der Waals surface area contributed by atoms with Crippen molar-refractivity contribution in [1.29, 1.82) is 0 Å². The van der Waals surface area contributed by atoms with Crippen LogP contribution in [0.25, 0.3) is 11.2 Å². The number of aromatic nitrogens is 4. The van der Waals surface area contributed by atoms with Gasteiger partial charge in [-0.25, -0.2) is 4.98 Å². The minimum absolute atomic E-state index is 0.179. The Bertz CT molecular complexity index is 597. The van der Waals surface area contributed by atoms with Gasteiger partial charge >= 0.3 is 5.97 Å². The number of anilines is 2. The summed E-state index contributed by atoms with van der Waals surface area (Å²) >= 11 is 0. The summed E-state index contributed by atoms with van der Waals surface area (Å²) in [6.07, 6.45) is 2.64. The van der Waals surface area contributed by atoms with Crippen molar-refractivity contribution < 1.29 is 9.53 Å². The highest BCUT2D eigenvalue weighted by Gasteiger charge is 2.09. The third-order valence-electron chi connectivity index (χ3n) is 2.78. The highest BCUT2D eigenvalue weighted by molar-refractivity contribution is 5.83. The van der Waals surface area contributed by atoms with Crippen LogP contribution >= 0.6 is 0 Å². The molecule has 0 atom stereocenters. The second-order valence-corrected chi connectivity index (χ2v) is 4.36. The molecule has 0 bridgehead atoms. The summed E-state index contributed by atoms with van der Waals surface area (Å²) in [5.74, 6) is 1.03. The monoisotopic (exact) mass is 292 g/mol. The first-order chi connectivity index (χ1) is 10.2. The van der Waals surface area contributed by atoms with Gasteiger partial charge in [-0.2, -0.15) is 9.97 Å². The van der Waals surface area contributed by atoms with Gasteiger partial charge in [0, 0.05) is 19.5 Å². The molecule has 114 valence electrons. The molecule has 8 heteroatoms. The van der Waals surface area contributed by atoms with E-state index in [9.17, 15) is 4.79 Å². The van der Waals surface area contributed by atoms with Crippen molar-refractivity contribution >= 4 is 28.9 Å². The number of carbonyl (C=O) groups is 1. The minimum atomic E-state index is -0.179. The molecule has 2 rings (SSSR count). The largest absolute Gasteiger partial charge is 0.466 e. The maximum Gasteiger partial charge on any atom is 0.305 e. The normalized spacial score (nSPS) is 10.6. The molecule has 0 aromatic carbocycles. The summed E-state index contributed by atoms with van der Waals surface area (Å²) in [7, 11) is 0. The van der Waals surface area contributed by atoms with Gasteiger partial charge in [0.2, 0.25) is 5.95 Å². The summed E-state index contributed by atoms with van der Waals surface area (Å²) in [6, 6.07) is 0. The molecule has 0 spiro atoms. The SMILES string of the molecule is CCNc1nc(NCCCC(=O)OCC)c2[nH]cnc2n1. The second kappa shape index (κ2) is 7.41. The van der Waals surface area contributed by atoms with E-state index in [0.29, 0.717) is 43.4 Å². The molecule has 0 fully saturated rings. The van der Waals surface area contributed by atoms with Crippen molar-refractivity contribution in [3.05, 3.63) is 6.33 Å². The summed E-state index contributed by atoms with van der Waals surface area (Å²) < 4.78 is 4.88. The van der Waals surface area contributed by atoms with E-state index in [1.165, 1.54) is 0 Å². The molecule has 2 heterocycles. The summed E-state index contributed by atoms with van der Waals surface area (Å²) in [6.45, 7) is 5.55. The van der Waals surface area contributed by atoms with Crippen molar-refractivity contribution in [2.45, 2.75) is 26.7 Å². The van der Waals surface area contributed by atoms with Crippen LogP contribution in [0.3, 0.4) is 0 Å². The van der Waals surface area contributed by atoms with Gasteiger partial charge in [-0.1, -0.05) is 0 Å². The number of H-pyrrole nitrogens is 1. The Morgan fingerprint density at radius 2 is 2.19 bits per heavy atom. The van der Waals surface area contributed by atoms with Gasteiger partial charge in [0.05, 0.1) is 12.9 Å². The molecule has 0 radical (unpaired) electrons. The zero-order chi connectivity index (χ0) is 15.1. The van der Waals surface area contributed by atoms with Gasteiger partial charge in [0.15, 0.2) is 11.5 Å². The van der Waals surface area contributed by atoms with Crippen molar-refractivity contribution in [1.82, 2.24) is 19.9 Å². The Morgan fingerprint density at radius 3 is 2.95 bits per heavy atom. The quantitative estimate of drug-likeness (QED) is 0.500. The number of imidazole rings is 1. The summed E-state index contributed by atoms with van der Waals surface area (Å²) in [5, 5.41) is 6.26. The zero-order valence-corrected chi connectivity index (χ0v) is 12.3. The number of ether oxygens (including phenoxy) is 1. The van der Waals surface area contributed by atoms with E-state index >= 15 is 0 Å². The molecule has 2 aromatic rings. The van der Waals surface area contributed by atoms with Crippen LogP contribution in [0.15, 0.2) is 6.33 Å². The van der Waals surface area contributed by atoms with E-state index in [1.807, 2.05) is 6.92 Å². The lowest BCUT2D eigenvalue weighted by Gasteiger charge is -2.08. The minimum Gasteiger partial charge on any atom is -0.466 e. The highest BCUT2D eigenvalue weighted by atomic mass is 16.5. The molecule has 2 aromatic heterocycles. The molecule has 0 aliphatic heterocycles. The fourth-order valence-electron chi connectivity index (χ4n) is 1.87. The summed E-state index contributed by atoms with van der Waals surface area (Å²) in [5.41, 5.74) is 1.36. The van der Waals surface area contributed by atoms with Crippen LogP contribution in [-0.4, -0.2) is 45.6 Å². The number of esters is 1. The maximum absolute atomic E-state index is 11.3. The highest BCUT2D eigenvalue weighted by Crippen LogP contribution is 2.18.